The van der Waals surface area contributed by atoms with Gasteiger partial charge in [-0.25, -0.2) is 4.79 Å². The third-order valence-electron chi connectivity index (χ3n) is 5.92. The zero-order valence-corrected chi connectivity index (χ0v) is 13.5. The molecule has 2 bridgehead atoms. The van der Waals surface area contributed by atoms with E-state index in [2.05, 4.69) is 31.1 Å². The molecule has 4 nitrogen and oxygen atoms in total. The molecule has 1 heterocycles. The minimum absolute atomic E-state index is 0.312. The van der Waals surface area contributed by atoms with Crippen molar-refractivity contribution in [2.75, 3.05) is 7.11 Å². The van der Waals surface area contributed by atoms with Gasteiger partial charge in [-0.1, -0.05) is 20.8 Å². The van der Waals surface area contributed by atoms with Gasteiger partial charge in [-0.15, -0.1) is 0 Å². The average Bonchev–Trinajstić information content (AvgIpc) is 3.08. The molecule has 0 amide bonds. The molecule has 2 aliphatic carbocycles. The molecule has 3 rings (SSSR count). The average molecular weight is 290 g/mol. The minimum atomic E-state index is -0.312. The van der Waals surface area contributed by atoms with Crippen molar-refractivity contribution in [3.8, 4) is 0 Å². The van der Waals surface area contributed by atoms with Crippen LogP contribution in [0.3, 0.4) is 0 Å². The Kier molecular flexibility index (Phi) is 3.40. The Balaban J connectivity index is 1.68. The van der Waals surface area contributed by atoms with E-state index in [4.69, 9.17) is 4.74 Å². The molecule has 1 aromatic rings. The van der Waals surface area contributed by atoms with Gasteiger partial charge >= 0.3 is 5.97 Å². The second kappa shape index (κ2) is 4.87. The second-order valence-corrected chi connectivity index (χ2v) is 7.62. The van der Waals surface area contributed by atoms with Crippen LogP contribution < -0.4 is 5.32 Å². The molecule has 0 aromatic carbocycles. The fourth-order valence-electron chi connectivity index (χ4n) is 4.80. The van der Waals surface area contributed by atoms with Crippen LogP contribution in [-0.2, 0) is 11.3 Å². The van der Waals surface area contributed by atoms with Gasteiger partial charge in [0.2, 0.25) is 0 Å². The van der Waals surface area contributed by atoms with Crippen LogP contribution in [0.4, 0.5) is 0 Å². The summed E-state index contributed by atoms with van der Waals surface area (Å²) in [4.78, 5) is 14.6. The zero-order chi connectivity index (χ0) is 15.3. The summed E-state index contributed by atoms with van der Waals surface area (Å²) in [6.45, 7) is 7.99. The highest BCUT2D eigenvalue weighted by Gasteiger charge is 2.58. The molecule has 3 atom stereocenters. The molecule has 116 valence electrons. The maximum Gasteiger partial charge on any atom is 0.354 e. The van der Waals surface area contributed by atoms with Gasteiger partial charge in [-0.3, -0.25) is 0 Å². The van der Waals surface area contributed by atoms with E-state index in [1.165, 1.54) is 26.4 Å². The molecule has 21 heavy (non-hydrogen) atoms. The van der Waals surface area contributed by atoms with Crippen molar-refractivity contribution in [2.24, 2.45) is 16.7 Å². The van der Waals surface area contributed by atoms with E-state index < -0.39 is 0 Å². The van der Waals surface area contributed by atoms with Crippen LogP contribution in [0.15, 0.2) is 12.1 Å². The van der Waals surface area contributed by atoms with Crippen molar-refractivity contribution in [2.45, 2.75) is 52.6 Å². The highest BCUT2D eigenvalue weighted by Crippen LogP contribution is 2.62. The Labute approximate surface area is 126 Å². The molecular formula is C17H26N2O2. The number of carbonyl (C=O) groups is 1. The van der Waals surface area contributed by atoms with E-state index in [0.717, 1.165) is 18.2 Å². The van der Waals surface area contributed by atoms with Crippen molar-refractivity contribution < 1.29 is 9.53 Å². The number of hydrogen-bond acceptors (Lipinski definition) is 3. The van der Waals surface area contributed by atoms with Crippen LogP contribution in [-0.4, -0.2) is 24.1 Å². The number of methoxy groups -OCH3 is 1. The van der Waals surface area contributed by atoms with Gasteiger partial charge in [0.15, 0.2) is 0 Å². The summed E-state index contributed by atoms with van der Waals surface area (Å²) in [7, 11) is 1.40. The summed E-state index contributed by atoms with van der Waals surface area (Å²) in [5, 5.41) is 3.75. The predicted octanol–water partition coefficient (Wildman–Crippen LogP) is 3.11. The first kappa shape index (κ1) is 14.6. The lowest BCUT2D eigenvalue weighted by molar-refractivity contribution is 0.0594. The third-order valence-corrected chi connectivity index (χ3v) is 5.92. The van der Waals surface area contributed by atoms with Crippen LogP contribution >= 0.6 is 0 Å². The zero-order valence-electron chi connectivity index (χ0n) is 13.5. The molecule has 3 unspecified atom stereocenters. The van der Waals surface area contributed by atoms with Crippen molar-refractivity contribution >= 4 is 5.97 Å². The van der Waals surface area contributed by atoms with Gasteiger partial charge in [-0.05, 0) is 48.1 Å². The van der Waals surface area contributed by atoms with Crippen LogP contribution in [0.1, 0.15) is 56.2 Å². The van der Waals surface area contributed by atoms with Crippen molar-refractivity contribution in [3.05, 3.63) is 23.5 Å². The summed E-state index contributed by atoms with van der Waals surface area (Å²) in [5.74, 6) is 0.530. The molecule has 2 saturated carbocycles. The maximum absolute atomic E-state index is 11.5. The van der Waals surface area contributed by atoms with Crippen molar-refractivity contribution in [1.82, 2.24) is 10.3 Å². The van der Waals surface area contributed by atoms with E-state index in [-0.39, 0.29) is 5.97 Å². The number of aromatic nitrogens is 1. The molecule has 2 fully saturated rings. The molecule has 1 aromatic heterocycles. The monoisotopic (exact) mass is 290 g/mol. The number of ether oxygens (including phenoxy) is 1. The summed E-state index contributed by atoms with van der Waals surface area (Å²) in [6, 6.07) is 4.28. The fourth-order valence-corrected chi connectivity index (χ4v) is 4.80. The molecule has 2 aliphatic rings. The largest absolute Gasteiger partial charge is 0.464 e. The summed E-state index contributed by atoms with van der Waals surface area (Å²) < 4.78 is 4.73. The lowest BCUT2D eigenvalue weighted by Gasteiger charge is -2.43. The van der Waals surface area contributed by atoms with Gasteiger partial charge in [0.1, 0.15) is 5.69 Å². The first-order valence-electron chi connectivity index (χ1n) is 7.86. The molecule has 2 N–H and O–H groups in total. The summed E-state index contributed by atoms with van der Waals surface area (Å²) in [5.41, 5.74) is 2.33. The smallest absolute Gasteiger partial charge is 0.354 e. The van der Waals surface area contributed by atoms with E-state index >= 15 is 0 Å². The Morgan fingerprint density at radius 3 is 2.81 bits per heavy atom. The molecule has 0 saturated heterocycles. The maximum atomic E-state index is 11.5. The van der Waals surface area contributed by atoms with E-state index in [9.17, 15) is 4.79 Å². The van der Waals surface area contributed by atoms with E-state index in [0.29, 0.717) is 22.6 Å². The number of H-pyrrole nitrogens is 1. The Bertz CT molecular complexity index is 544. The third kappa shape index (κ3) is 2.30. The molecule has 0 aliphatic heterocycles. The fraction of sp³-hybridized carbons (Fsp3) is 0.706. The number of esters is 1. The van der Waals surface area contributed by atoms with Crippen LogP contribution in [0.5, 0.6) is 0 Å². The molecule has 4 heteroatoms. The van der Waals surface area contributed by atoms with Crippen molar-refractivity contribution in [1.29, 1.82) is 0 Å². The SMILES string of the molecule is COC(=O)c1ccc(CNC2C3(C)CCC(C3)C2(C)C)[nH]1. The van der Waals surface area contributed by atoms with E-state index in [1.807, 2.05) is 6.07 Å². The van der Waals surface area contributed by atoms with Gasteiger partial charge in [0.05, 0.1) is 7.11 Å². The second-order valence-electron chi connectivity index (χ2n) is 7.62. The van der Waals surface area contributed by atoms with Crippen LogP contribution in [0, 0.1) is 16.7 Å². The van der Waals surface area contributed by atoms with E-state index in [1.54, 1.807) is 6.07 Å². The first-order valence-corrected chi connectivity index (χ1v) is 7.86. The number of fused-ring (bicyclic) bond motifs is 2. The summed E-state index contributed by atoms with van der Waals surface area (Å²) >= 11 is 0. The van der Waals surface area contributed by atoms with Crippen molar-refractivity contribution in [3.63, 3.8) is 0 Å². The van der Waals surface area contributed by atoms with Gasteiger partial charge in [-0.2, -0.15) is 0 Å². The molecule has 0 radical (unpaired) electrons. The Hall–Kier alpha value is -1.29. The van der Waals surface area contributed by atoms with Crippen LogP contribution in [0.2, 0.25) is 0 Å². The highest BCUT2D eigenvalue weighted by molar-refractivity contribution is 5.87. The quantitative estimate of drug-likeness (QED) is 0.838. The normalized spacial score (nSPS) is 33.3. The highest BCUT2D eigenvalue weighted by atomic mass is 16.5. The lowest BCUT2D eigenvalue weighted by Crippen LogP contribution is -2.49. The Morgan fingerprint density at radius 2 is 2.19 bits per heavy atom. The predicted molar refractivity (Wildman–Crippen MR) is 82.0 cm³/mol. The number of carbonyl (C=O) groups excluding carboxylic acids is 1. The topological polar surface area (TPSA) is 54.1 Å². The molecular weight excluding hydrogens is 264 g/mol. The summed E-state index contributed by atoms with van der Waals surface area (Å²) in [6.07, 6.45) is 4.05. The Morgan fingerprint density at radius 1 is 1.43 bits per heavy atom. The number of rotatable bonds is 4. The minimum Gasteiger partial charge on any atom is -0.464 e. The lowest BCUT2D eigenvalue weighted by atomic mass is 9.68. The van der Waals surface area contributed by atoms with Gasteiger partial charge < -0.3 is 15.0 Å². The molecule has 0 spiro atoms. The van der Waals surface area contributed by atoms with Gasteiger partial charge in [0, 0.05) is 18.3 Å². The first-order chi connectivity index (χ1) is 9.87. The van der Waals surface area contributed by atoms with Gasteiger partial charge in [0.25, 0.3) is 0 Å². The number of hydrogen-bond donors (Lipinski definition) is 2. The standard InChI is InChI=1S/C17H26N2O2/c1-16(2)11-7-8-17(3,9-11)15(16)18-10-12-5-6-13(19-12)14(20)21-4/h5-6,11,15,18-19H,7-10H2,1-4H3. The van der Waals surface area contributed by atoms with Crippen LogP contribution in [0.25, 0.3) is 0 Å². The number of aromatic amines is 1. The number of nitrogens with one attached hydrogen (secondary N) is 2.